The maximum absolute atomic E-state index is 12.8. The van der Waals surface area contributed by atoms with Crippen LogP contribution in [-0.4, -0.2) is 17.8 Å². The first kappa shape index (κ1) is 16.0. The van der Waals surface area contributed by atoms with Gasteiger partial charge >= 0.3 is 6.18 Å². The summed E-state index contributed by atoms with van der Waals surface area (Å²) in [6.45, 7) is 3.99. The van der Waals surface area contributed by atoms with Gasteiger partial charge in [-0.2, -0.15) is 13.2 Å². The summed E-state index contributed by atoms with van der Waals surface area (Å²) in [6.07, 6.45) is -3.33. The second-order valence-corrected chi connectivity index (χ2v) is 4.75. The van der Waals surface area contributed by atoms with Gasteiger partial charge in [0, 0.05) is 6.04 Å². The molecule has 0 aliphatic rings. The molecule has 0 heterocycles. The molecule has 0 radical (unpaired) electrons. The second-order valence-electron chi connectivity index (χ2n) is 4.75. The topological polar surface area (TPSA) is 32.3 Å². The Morgan fingerprint density at radius 1 is 1.21 bits per heavy atom. The second kappa shape index (κ2) is 6.91. The lowest BCUT2D eigenvalue weighted by molar-refractivity contribution is -0.138. The average Bonchev–Trinajstić information content (AvgIpc) is 2.33. The van der Waals surface area contributed by atoms with Crippen molar-refractivity contribution in [3.8, 4) is 0 Å². The molecule has 5 heteroatoms. The standard InChI is InChI=1S/C14H20F3NO/c1-10(19)6-5-9-18-11(2)12-7-3-4-8-13(12)14(15,16)17/h3-4,7-8,10-11,18-19H,5-6,9H2,1-2H3. The zero-order valence-electron chi connectivity index (χ0n) is 11.2. The fourth-order valence-electron chi connectivity index (χ4n) is 1.96. The number of aliphatic hydroxyl groups excluding tert-OH is 1. The molecule has 0 aliphatic heterocycles. The summed E-state index contributed by atoms with van der Waals surface area (Å²) >= 11 is 0. The Hall–Kier alpha value is -1.07. The molecule has 2 nitrogen and oxygen atoms in total. The monoisotopic (exact) mass is 275 g/mol. The average molecular weight is 275 g/mol. The first-order valence-corrected chi connectivity index (χ1v) is 6.40. The zero-order valence-corrected chi connectivity index (χ0v) is 11.2. The van der Waals surface area contributed by atoms with E-state index in [-0.39, 0.29) is 17.7 Å². The summed E-state index contributed by atoms with van der Waals surface area (Å²) in [4.78, 5) is 0. The van der Waals surface area contributed by atoms with Gasteiger partial charge < -0.3 is 10.4 Å². The van der Waals surface area contributed by atoms with Crippen LogP contribution in [0.15, 0.2) is 24.3 Å². The molecule has 2 N–H and O–H groups in total. The lowest BCUT2D eigenvalue weighted by Crippen LogP contribution is -2.23. The van der Waals surface area contributed by atoms with Crippen LogP contribution in [0, 0.1) is 0 Å². The van der Waals surface area contributed by atoms with Crippen LogP contribution in [0.3, 0.4) is 0 Å². The van der Waals surface area contributed by atoms with Gasteiger partial charge in [-0.1, -0.05) is 18.2 Å². The van der Waals surface area contributed by atoms with Crippen LogP contribution in [0.4, 0.5) is 13.2 Å². The summed E-state index contributed by atoms with van der Waals surface area (Å²) in [5.41, 5.74) is -0.336. The normalized spacial score (nSPS) is 15.3. The summed E-state index contributed by atoms with van der Waals surface area (Å²) in [6, 6.07) is 5.23. The Morgan fingerprint density at radius 3 is 2.42 bits per heavy atom. The van der Waals surface area contributed by atoms with E-state index in [0.717, 1.165) is 12.5 Å². The van der Waals surface area contributed by atoms with Gasteiger partial charge in [-0.15, -0.1) is 0 Å². The largest absolute Gasteiger partial charge is 0.416 e. The highest BCUT2D eigenvalue weighted by Gasteiger charge is 2.33. The van der Waals surface area contributed by atoms with E-state index in [1.54, 1.807) is 19.9 Å². The molecule has 0 spiro atoms. The molecule has 0 saturated heterocycles. The predicted molar refractivity (Wildman–Crippen MR) is 68.8 cm³/mol. The van der Waals surface area contributed by atoms with Gasteiger partial charge in [-0.25, -0.2) is 0 Å². The van der Waals surface area contributed by atoms with E-state index in [1.165, 1.54) is 12.1 Å². The van der Waals surface area contributed by atoms with Crippen LogP contribution in [0.2, 0.25) is 0 Å². The van der Waals surface area contributed by atoms with Crippen LogP contribution < -0.4 is 5.32 Å². The summed E-state index contributed by atoms with van der Waals surface area (Å²) in [5.74, 6) is 0. The molecule has 0 aliphatic carbocycles. The van der Waals surface area contributed by atoms with E-state index in [2.05, 4.69) is 5.32 Å². The highest BCUT2D eigenvalue weighted by Crippen LogP contribution is 2.34. The van der Waals surface area contributed by atoms with Crippen molar-refractivity contribution in [2.24, 2.45) is 0 Å². The van der Waals surface area contributed by atoms with Crippen LogP contribution in [0.5, 0.6) is 0 Å². The Morgan fingerprint density at radius 2 is 1.84 bits per heavy atom. The molecule has 2 atom stereocenters. The van der Waals surface area contributed by atoms with E-state index in [1.807, 2.05) is 0 Å². The SMILES string of the molecule is CC(O)CCCNC(C)c1ccccc1C(F)(F)F. The third-order valence-electron chi connectivity index (χ3n) is 2.98. The van der Waals surface area contributed by atoms with Gasteiger partial charge in [-0.05, 0) is 44.9 Å². The Balaban J connectivity index is 2.64. The Labute approximate surface area is 111 Å². The first-order chi connectivity index (χ1) is 8.82. The van der Waals surface area contributed by atoms with Gasteiger partial charge in [-0.3, -0.25) is 0 Å². The first-order valence-electron chi connectivity index (χ1n) is 6.40. The fraction of sp³-hybridized carbons (Fsp3) is 0.571. The quantitative estimate of drug-likeness (QED) is 0.779. The number of aliphatic hydroxyl groups is 1. The number of alkyl halides is 3. The van der Waals surface area contributed by atoms with Crippen molar-refractivity contribution in [2.75, 3.05) is 6.54 Å². The molecule has 0 saturated carbocycles. The van der Waals surface area contributed by atoms with Crippen molar-refractivity contribution in [1.82, 2.24) is 5.32 Å². The molecule has 1 rings (SSSR count). The van der Waals surface area contributed by atoms with Gasteiger partial charge in [0.15, 0.2) is 0 Å². The molecule has 0 aromatic heterocycles. The van der Waals surface area contributed by atoms with Gasteiger partial charge in [0.1, 0.15) is 0 Å². The zero-order chi connectivity index (χ0) is 14.5. The van der Waals surface area contributed by atoms with E-state index in [9.17, 15) is 13.2 Å². The maximum atomic E-state index is 12.8. The number of benzene rings is 1. The smallest absolute Gasteiger partial charge is 0.393 e. The highest BCUT2D eigenvalue weighted by atomic mass is 19.4. The summed E-state index contributed by atoms with van der Waals surface area (Å²) in [7, 11) is 0. The molecule has 1 aromatic carbocycles. The molecular formula is C14H20F3NO. The van der Waals surface area contributed by atoms with Crippen molar-refractivity contribution in [3.05, 3.63) is 35.4 Å². The maximum Gasteiger partial charge on any atom is 0.416 e. The number of nitrogens with one attached hydrogen (secondary N) is 1. The summed E-state index contributed by atoms with van der Waals surface area (Å²) < 4.78 is 38.5. The van der Waals surface area contributed by atoms with Crippen molar-refractivity contribution in [2.45, 2.75) is 45.0 Å². The van der Waals surface area contributed by atoms with Gasteiger partial charge in [0.05, 0.1) is 11.7 Å². The number of rotatable bonds is 6. The van der Waals surface area contributed by atoms with Crippen molar-refractivity contribution in [3.63, 3.8) is 0 Å². The number of hydrogen-bond donors (Lipinski definition) is 2. The summed E-state index contributed by atoms with van der Waals surface area (Å²) in [5, 5.41) is 12.2. The van der Waals surface area contributed by atoms with Crippen molar-refractivity contribution in [1.29, 1.82) is 0 Å². The molecular weight excluding hydrogens is 255 g/mol. The van der Waals surface area contributed by atoms with Crippen LogP contribution in [0.1, 0.15) is 43.9 Å². The third-order valence-corrected chi connectivity index (χ3v) is 2.98. The molecule has 108 valence electrons. The lowest BCUT2D eigenvalue weighted by atomic mass is 10.0. The highest BCUT2D eigenvalue weighted by molar-refractivity contribution is 5.31. The minimum Gasteiger partial charge on any atom is -0.393 e. The minimum absolute atomic E-state index is 0.257. The van der Waals surface area contributed by atoms with E-state index >= 15 is 0 Å². The predicted octanol–water partition coefficient (Wildman–Crippen LogP) is 3.52. The molecule has 0 bridgehead atoms. The van der Waals surface area contributed by atoms with Crippen LogP contribution in [-0.2, 0) is 6.18 Å². The van der Waals surface area contributed by atoms with E-state index in [0.29, 0.717) is 13.0 Å². The lowest BCUT2D eigenvalue weighted by Gasteiger charge is -2.19. The third kappa shape index (κ3) is 5.20. The van der Waals surface area contributed by atoms with Crippen molar-refractivity contribution >= 4 is 0 Å². The number of hydrogen-bond acceptors (Lipinski definition) is 2. The Bertz CT molecular complexity index is 391. The number of halogens is 3. The molecule has 2 unspecified atom stereocenters. The molecule has 1 aromatic rings. The van der Waals surface area contributed by atoms with Gasteiger partial charge in [0.25, 0.3) is 0 Å². The van der Waals surface area contributed by atoms with E-state index in [4.69, 9.17) is 5.11 Å². The van der Waals surface area contributed by atoms with Crippen LogP contribution in [0.25, 0.3) is 0 Å². The van der Waals surface area contributed by atoms with Gasteiger partial charge in [0.2, 0.25) is 0 Å². The molecule has 19 heavy (non-hydrogen) atoms. The molecule has 0 amide bonds. The fourth-order valence-corrected chi connectivity index (χ4v) is 1.96. The van der Waals surface area contributed by atoms with Crippen molar-refractivity contribution < 1.29 is 18.3 Å². The molecule has 0 fully saturated rings. The minimum atomic E-state index is -4.33. The van der Waals surface area contributed by atoms with Crippen LogP contribution >= 0.6 is 0 Å². The Kier molecular flexibility index (Phi) is 5.82. The van der Waals surface area contributed by atoms with E-state index < -0.39 is 11.7 Å².